The van der Waals surface area contributed by atoms with Gasteiger partial charge in [0.2, 0.25) is 0 Å². The van der Waals surface area contributed by atoms with Gasteiger partial charge < -0.3 is 15.4 Å². The molecule has 0 radical (unpaired) electrons. The minimum Gasteiger partial charge on any atom is -0.379 e. The highest BCUT2D eigenvalue weighted by atomic mass is 16.5. The molecule has 2 saturated heterocycles. The number of nitrogens with zero attached hydrogens (tertiary/aromatic N) is 2. The minimum atomic E-state index is -0.775. The zero-order chi connectivity index (χ0) is 23.2. The highest BCUT2D eigenvalue weighted by Gasteiger charge is 2.38. The van der Waals surface area contributed by atoms with E-state index >= 15 is 0 Å². The van der Waals surface area contributed by atoms with E-state index in [0.29, 0.717) is 12.0 Å². The molecule has 33 heavy (non-hydrogen) atoms. The van der Waals surface area contributed by atoms with Gasteiger partial charge in [-0.05, 0) is 48.4 Å². The lowest BCUT2D eigenvalue weighted by Crippen LogP contribution is -2.45. The summed E-state index contributed by atoms with van der Waals surface area (Å²) in [6, 6.07) is 14.1. The van der Waals surface area contributed by atoms with Crippen LogP contribution < -0.4 is 11.2 Å². The third-order valence-corrected chi connectivity index (χ3v) is 5.95. The fraction of sp³-hybridized carbons (Fsp3) is 0.360. The second-order valence-corrected chi connectivity index (χ2v) is 8.36. The maximum Gasteiger partial charge on any atom is 0.266 e. The Balaban J connectivity index is 1.38. The van der Waals surface area contributed by atoms with Gasteiger partial charge in [0.1, 0.15) is 6.04 Å². The SMILES string of the molecule is N[C@H]1C[C@@H](C(=O)NO)N(C(=O)c2ccc(C#Cc3ccc(CN4CCOCC4)cc3)cc2)C1. The van der Waals surface area contributed by atoms with Crippen LogP contribution in [0.25, 0.3) is 0 Å². The number of likely N-dealkylation sites (tertiary alicyclic amines) is 1. The number of nitrogens with two attached hydrogens (primary N) is 1. The van der Waals surface area contributed by atoms with E-state index in [2.05, 4.69) is 28.9 Å². The fourth-order valence-corrected chi connectivity index (χ4v) is 4.13. The van der Waals surface area contributed by atoms with Crippen LogP contribution in [0, 0.1) is 11.8 Å². The smallest absolute Gasteiger partial charge is 0.266 e. The number of hydrogen-bond acceptors (Lipinski definition) is 6. The predicted octanol–water partition coefficient (Wildman–Crippen LogP) is 0.966. The van der Waals surface area contributed by atoms with Crippen molar-refractivity contribution in [2.24, 2.45) is 5.73 Å². The van der Waals surface area contributed by atoms with E-state index < -0.39 is 11.9 Å². The fourth-order valence-electron chi connectivity index (χ4n) is 4.13. The summed E-state index contributed by atoms with van der Waals surface area (Å²) in [7, 11) is 0. The molecule has 2 heterocycles. The Kier molecular flexibility index (Phi) is 7.37. The van der Waals surface area contributed by atoms with Crippen LogP contribution in [0.5, 0.6) is 0 Å². The van der Waals surface area contributed by atoms with Crippen molar-refractivity contribution in [2.45, 2.75) is 25.0 Å². The molecule has 2 aliphatic rings. The molecule has 2 fully saturated rings. The lowest BCUT2D eigenvalue weighted by molar-refractivity contribution is -0.133. The highest BCUT2D eigenvalue weighted by molar-refractivity contribution is 5.98. The number of carbonyl (C=O) groups is 2. The van der Waals surface area contributed by atoms with Crippen LogP contribution in [0.3, 0.4) is 0 Å². The predicted molar refractivity (Wildman–Crippen MR) is 122 cm³/mol. The number of carbonyl (C=O) groups excluding carboxylic acids is 2. The average Bonchev–Trinajstić information content (AvgIpc) is 3.25. The lowest BCUT2D eigenvalue weighted by Gasteiger charge is -2.26. The van der Waals surface area contributed by atoms with Crippen molar-refractivity contribution < 1.29 is 19.5 Å². The van der Waals surface area contributed by atoms with E-state index in [1.165, 1.54) is 10.5 Å². The molecule has 2 atom stereocenters. The van der Waals surface area contributed by atoms with Crippen molar-refractivity contribution >= 4 is 11.8 Å². The first kappa shape index (κ1) is 23.0. The summed E-state index contributed by atoms with van der Waals surface area (Å²) in [5.74, 6) is 5.35. The van der Waals surface area contributed by atoms with Crippen molar-refractivity contribution in [2.75, 3.05) is 32.8 Å². The maximum atomic E-state index is 12.9. The van der Waals surface area contributed by atoms with Crippen molar-refractivity contribution in [3.63, 3.8) is 0 Å². The Bertz CT molecular complexity index is 1040. The van der Waals surface area contributed by atoms with Crippen LogP contribution in [-0.4, -0.2) is 71.8 Å². The molecule has 2 aromatic carbocycles. The van der Waals surface area contributed by atoms with Gasteiger partial charge in [0.25, 0.3) is 11.8 Å². The first-order valence-corrected chi connectivity index (χ1v) is 11.0. The van der Waals surface area contributed by atoms with Crippen molar-refractivity contribution in [1.82, 2.24) is 15.3 Å². The molecule has 0 bridgehead atoms. The summed E-state index contributed by atoms with van der Waals surface area (Å²) in [5, 5.41) is 8.93. The van der Waals surface area contributed by atoms with Crippen LogP contribution in [0.4, 0.5) is 0 Å². The molecule has 4 N–H and O–H groups in total. The summed E-state index contributed by atoms with van der Waals surface area (Å²) in [6.45, 7) is 4.67. The first-order valence-electron chi connectivity index (χ1n) is 11.0. The molecule has 8 nitrogen and oxygen atoms in total. The Morgan fingerprint density at radius 2 is 1.64 bits per heavy atom. The third kappa shape index (κ3) is 5.78. The molecule has 0 aromatic heterocycles. The number of benzene rings is 2. The summed E-state index contributed by atoms with van der Waals surface area (Å²) < 4.78 is 5.39. The van der Waals surface area contributed by atoms with Crippen LogP contribution in [0.1, 0.15) is 33.5 Å². The van der Waals surface area contributed by atoms with Gasteiger partial charge in [-0.25, -0.2) is 5.48 Å². The summed E-state index contributed by atoms with van der Waals surface area (Å²) in [4.78, 5) is 28.5. The maximum absolute atomic E-state index is 12.9. The first-order chi connectivity index (χ1) is 16.0. The van der Waals surface area contributed by atoms with Gasteiger partial charge in [0.05, 0.1) is 13.2 Å². The average molecular weight is 449 g/mol. The van der Waals surface area contributed by atoms with E-state index in [-0.39, 0.29) is 18.5 Å². The molecular formula is C25H28N4O4. The Hall–Kier alpha value is -3.22. The molecule has 2 aromatic rings. The Labute approximate surface area is 193 Å². The molecule has 4 rings (SSSR count). The molecule has 2 aliphatic heterocycles. The molecular weight excluding hydrogens is 420 g/mol. The monoisotopic (exact) mass is 448 g/mol. The van der Waals surface area contributed by atoms with Crippen molar-refractivity contribution in [3.05, 3.63) is 70.8 Å². The minimum absolute atomic E-state index is 0.264. The normalized spacial score (nSPS) is 20.7. The van der Waals surface area contributed by atoms with Crippen LogP contribution >= 0.6 is 0 Å². The summed E-state index contributed by atoms with van der Waals surface area (Å²) >= 11 is 0. The topological polar surface area (TPSA) is 108 Å². The quantitative estimate of drug-likeness (QED) is 0.365. The zero-order valence-electron chi connectivity index (χ0n) is 18.4. The van der Waals surface area contributed by atoms with Gasteiger partial charge in [-0.15, -0.1) is 0 Å². The molecule has 172 valence electrons. The zero-order valence-corrected chi connectivity index (χ0v) is 18.4. The van der Waals surface area contributed by atoms with Gasteiger partial charge in [-0.2, -0.15) is 0 Å². The molecule has 0 unspecified atom stereocenters. The van der Waals surface area contributed by atoms with E-state index in [1.54, 1.807) is 29.7 Å². The number of nitrogens with one attached hydrogen (secondary N) is 1. The molecule has 2 amide bonds. The van der Waals surface area contributed by atoms with Crippen LogP contribution in [0.2, 0.25) is 0 Å². The second kappa shape index (κ2) is 10.6. The summed E-state index contributed by atoms with van der Waals surface area (Å²) in [5.41, 5.74) is 10.9. The van der Waals surface area contributed by atoms with Gasteiger partial charge in [-0.3, -0.25) is 19.7 Å². The van der Waals surface area contributed by atoms with E-state index in [4.69, 9.17) is 15.7 Å². The van der Waals surface area contributed by atoms with Gasteiger partial charge in [0.15, 0.2) is 0 Å². The number of rotatable bonds is 4. The van der Waals surface area contributed by atoms with Crippen LogP contribution in [0.15, 0.2) is 48.5 Å². The third-order valence-electron chi connectivity index (χ3n) is 5.95. The van der Waals surface area contributed by atoms with Gasteiger partial charge in [0, 0.05) is 48.9 Å². The molecule has 0 aliphatic carbocycles. The molecule has 8 heteroatoms. The number of amides is 2. The second-order valence-electron chi connectivity index (χ2n) is 8.36. The van der Waals surface area contributed by atoms with Gasteiger partial charge in [-0.1, -0.05) is 24.0 Å². The molecule has 0 saturated carbocycles. The van der Waals surface area contributed by atoms with E-state index in [0.717, 1.165) is 44.0 Å². The molecule has 0 spiro atoms. The largest absolute Gasteiger partial charge is 0.379 e. The van der Waals surface area contributed by atoms with E-state index in [9.17, 15) is 9.59 Å². The summed E-state index contributed by atoms with van der Waals surface area (Å²) in [6.07, 6.45) is 0.312. The van der Waals surface area contributed by atoms with Crippen molar-refractivity contribution in [1.29, 1.82) is 0 Å². The Morgan fingerprint density at radius 3 is 2.24 bits per heavy atom. The number of hydroxylamine groups is 1. The lowest BCUT2D eigenvalue weighted by atomic mass is 10.1. The standard InChI is InChI=1S/C25H28N4O4/c26-22-15-23(24(30)27-32)29(17-22)25(31)21-9-7-19(8-10-21)2-1-18-3-5-20(6-4-18)16-28-11-13-33-14-12-28/h3-10,22-23,32H,11-17,26H2,(H,27,30)/t22-,23-/m0/s1. The van der Waals surface area contributed by atoms with Crippen molar-refractivity contribution in [3.8, 4) is 11.8 Å². The number of ether oxygens (including phenoxy) is 1. The number of hydrogen-bond donors (Lipinski definition) is 3. The number of morpholine rings is 1. The highest BCUT2D eigenvalue weighted by Crippen LogP contribution is 2.20. The van der Waals surface area contributed by atoms with Crippen LogP contribution in [-0.2, 0) is 16.1 Å². The van der Waals surface area contributed by atoms with E-state index in [1.807, 2.05) is 12.1 Å². The Morgan fingerprint density at radius 1 is 1.03 bits per heavy atom. The van der Waals surface area contributed by atoms with Gasteiger partial charge >= 0.3 is 0 Å².